The molecule has 0 bridgehead atoms. The first-order valence-electron chi connectivity index (χ1n) is 4.58. The molecule has 1 N–H and O–H groups in total. The van der Waals surface area contributed by atoms with Gasteiger partial charge in [0.05, 0.1) is 6.04 Å². The fraction of sp³-hybridized carbons (Fsp3) is 0.900. The molecule has 0 unspecified atom stereocenters. The second-order valence-electron chi connectivity index (χ2n) is 4.77. The van der Waals surface area contributed by atoms with Gasteiger partial charge in [0, 0.05) is 5.54 Å². The molecule has 0 aromatic carbocycles. The number of carbonyl (C=O) groups excluding carboxylic acids is 1. The largest absolute Gasteiger partial charge is 0.303 e. The van der Waals surface area contributed by atoms with Gasteiger partial charge >= 0.3 is 0 Å². The topological polar surface area (TPSA) is 29.1 Å². The molecule has 2 heteroatoms. The molecule has 0 amide bonds. The average molecular weight is 171 g/mol. The zero-order valence-electron chi connectivity index (χ0n) is 8.85. The van der Waals surface area contributed by atoms with Gasteiger partial charge < -0.3 is 10.1 Å². The van der Waals surface area contributed by atoms with Gasteiger partial charge in [-0.2, -0.15) is 0 Å². The maximum Gasteiger partial charge on any atom is 0.136 e. The number of hydrogen-bond donors (Lipinski definition) is 1. The quantitative estimate of drug-likeness (QED) is 0.655. The van der Waals surface area contributed by atoms with E-state index in [1.807, 2.05) is 0 Å². The van der Waals surface area contributed by atoms with Crippen LogP contribution in [0.5, 0.6) is 0 Å². The molecule has 0 aliphatic carbocycles. The van der Waals surface area contributed by atoms with Crippen molar-refractivity contribution in [2.45, 2.75) is 52.6 Å². The van der Waals surface area contributed by atoms with Gasteiger partial charge in [-0.25, -0.2) is 0 Å². The molecule has 1 atom stereocenters. The minimum absolute atomic E-state index is 0.00463. The SMILES string of the molecule is CC(C)C[C@@H](C=O)NC(C)(C)C. The Bertz CT molecular complexity index is 135. The van der Waals surface area contributed by atoms with Crippen LogP contribution in [0.15, 0.2) is 0 Å². The summed E-state index contributed by atoms with van der Waals surface area (Å²) < 4.78 is 0. The minimum Gasteiger partial charge on any atom is -0.303 e. The van der Waals surface area contributed by atoms with Crippen molar-refractivity contribution in [1.29, 1.82) is 0 Å². The van der Waals surface area contributed by atoms with Crippen LogP contribution in [0.3, 0.4) is 0 Å². The van der Waals surface area contributed by atoms with E-state index in [9.17, 15) is 4.79 Å². The molecule has 0 aromatic heterocycles. The van der Waals surface area contributed by atoms with E-state index in [4.69, 9.17) is 0 Å². The van der Waals surface area contributed by atoms with Crippen LogP contribution in [-0.2, 0) is 4.79 Å². The van der Waals surface area contributed by atoms with Crippen molar-refractivity contribution in [2.75, 3.05) is 0 Å². The molecular weight excluding hydrogens is 150 g/mol. The third-order valence-corrected chi connectivity index (χ3v) is 1.51. The predicted octanol–water partition coefficient (Wildman–Crippen LogP) is 1.99. The van der Waals surface area contributed by atoms with Crippen LogP contribution < -0.4 is 5.32 Å². The van der Waals surface area contributed by atoms with Gasteiger partial charge in [0.1, 0.15) is 6.29 Å². The van der Waals surface area contributed by atoms with Gasteiger partial charge in [-0.05, 0) is 33.1 Å². The lowest BCUT2D eigenvalue weighted by Crippen LogP contribution is -2.45. The van der Waals surface area contributed by atoms with Crippen LogP contribution in [-0.4, -0.2) is 17.9 Å². The van der Waals surface area contributed by atoms with Crippen molar-refractivity contribution >= 4 is 6.29 Å². The lowest BCUT2D eigenvalue weighted by molar-refractivity contribution is -0.110. The molecule has 0 fully saturated rings. The van der Waals surface area contributed by atoms with Gasteiger partial charge in [0.2, 0.25) is 0 Å². The first-order valence-corrected chi connectivity index (χ1v) is 4.58. The van der Waals surface area contributed by atoms with Crippen molar-refractivity contribution < 1.29 is 4.79 Å². The summed E-state index contributed by atoms with van der Waals surface area (Å²) in [6.07, 6.45) is 1.92. The summed E-state index contributed by atoms with van der Waals surface area (Å²) in [6, 6.07) is 0.00463. The summed E-state index contributed by atoms with van der Waals surface area (Å²) >= 11 is 0. The second kappa shape index (κ2) is 4.61. The highest BCUT2D eigenvalue weighted by Gasteiger charge is 2.16. The van der Waals surface area contributed by atoms with Crippen molar-refractivity contribution in [1.82, 2.24) is 5.32 Å². The highest BCUT2D eigenvalue weighted by Crippen LogP contribution is 2.07. The molecule has 0 rings (SSSR count). The summed E-state index contributed by atoms with van der Waals surface area (Å²) in [6.45, 7) is 10.5. The molecular formula is C10H21NO. The number of hydrogen-bond acceptors (Lipinski definition) is 2. The van der Waals surface area contributed by atoms with Crippen LogP contribution in [0.2, 0.25) is 0 Å². The fourth-order valence-electron chi connectivity index (χ4n) is 1.21. The Hall–Kier alpha value is -0.370. The highest BCUT2D eigenvalue weighted by molar-refractivity contribution is 5.57. The van der Waals surface area contributed by atoms with Gasteiger partial charge in [0.15, 0.2) is 0 Å². The van der Waals surface area contributed by atoms with Gasteiger partial charge in [-0.1, -0.05) is 13.8 Å². The zero-order valence-corrected chi connectivity index (χ0v) is 8.85. The van der Waals surface area contributed by atoms with Gasteiger partial charge in [-0.3, -0.25) is 0 Å². The van der Waals surface area contributed by atoms with E-state index in [-0.39, 0.29) is 11.6 Å². The molecule has 0 spiro atoms. The van der Waals surface area contributed by atoms with Crippen LogP contribution in [0.4, 0.5) is 0 Å². The molecule has 0 saturated heterocycles. The van der Waals surface area contributed by atoms with E-state index in [1.165, 1.54) is 0 Å². The number of carbonyl (C=O) groups is 1. The van der Waals surface area contributed by atoms with Gasteiger partial charge in [0.25, 0.3) is 0 Å². The van der Waals surface area contributed by atoms with E-state index < -0.39 is 0 Å². The Balaban J connectivity index is 3.92. The zero-order chi connectivity index (χ0) is 9.78. The Kier molecular flexibility index (Phi) is 4.46. The molecule has 0 saturated carbocycles. The van der Waals surface area contributed by atoms with Crippen molar-refractivity contribution in [3.8, 4) is 0 Å². The summed E-state index contributed by atoms with van der Waals surface area (Å²) in [4.78, 5) is 10.7. The van der Waals surface area contributed by atoms with E-state index in [1.54, 1.807) is 0 Å². The molecule has 0 aliphatic heterocycles. The highest BCUT2D eigenvalue weighted by atomic mass is 16.1. The molecule has 72 valence electrons. The van der Waals surface area contributed by atoms with Crippen molar-refractivity contribution in [3.05, 3.63) is 0 Å². The Morgan fingerprint density at radius 3 is 2.08 bits per heavy atom. The molecule has 12 heavy (non-hydrogen) atoms. The normalized spacial score (nSPS) is 14.8. The van der Waals surface area contributed by atoms with Crippen molar-refractivity contribution in [3.63, 3.8) is 0 Å². The maximum absolute atomic E-state index is 10.7. The summed E-state index contributed by atoms with van der Waals surface area (Å²) in [5.41, 5.74) is 0.0282. The Morgan fingerprint density at radius 2 is 1.83 bits per heavy atom. The standard InChI is InChI=1S/C10H21NO/c1-8(2)6-9(7-12)11-10(3,4)5/h7-9,11H,6H2,1-5H3/t9-/m0/s1. The number of aldehydes is 1. The van der Waals surface area contributed by atoms with E-state index in [0.717, 1.165) is 12.7 Å². The number of nitrogens with one attached hydrogen (secondary N) is 1. The molecule has 0 aromatic rings. The number of rotatable bonds is 4. The molecule has 0 radical (unpaired) electrons. The van der Waals surface area contributed by atoms with E-state index in [2.05, 4.69) is 39.9 Å². The van der Waals surface area contributed by atoms with Crippen LogP contribution in [0.25, 0.3) is 0 Å². The summed E-state index contributed by atoms with van der Waals surface area (Å²) in [5.74, 6) is 0.565. The third kappa shape index (κ3) is 6.35. The Labute approximate surface area is 75.7 Å². The molecule has 0 aliphatic rings. The van der Waals surface area contributed by atoms with Crippen molar-refractivity contribution in [2.24, 2.45) is 5.92 Å². The third-order valence-electron chi connectivity index (χ3n) is 1.51. The first-order chi connectivity index (χ1) is 5.35. The predicted molar refractivity (Wildman–Crippen MR) is 52.2 cm³/mol. The molecule has 2 nitrogen and oxygen atoms in total. The first kappa shape index (κ1) is 11.6. The van der Waals surface area contributed by atoms with Crippen LogP contribution in [0, 0.1) is 5.92 Å². The Morgan fingerprint density at radius 1 is 1.33 bits per heavy atom. The van der Waals surface area contributed by atoms with E-state index in [0.29, 0.717) is 5.92 Å². The average Bonchev–Trinajstić information content (AvgIpc) is 1.82. The lowest BCUT2D eigenvalue weighted by atomic mass is 10.0. The van der Waals surface area contributed by atoms with Gasteiger partial charge in [-0.15, -0.1) is 0 Å². The summed E-state index contributed by atoms with van der Waals surface area (Å²) in [7, 11) is 0. The maximum atomic E-state index is 10.7. The fourth-order valence-corrected chi connectivity index (χ4v) is 1.21. The van der Waals surface area contributed by atoms with Crippen LogP contribution in [0.1, 0.15) is 41.0 Å². The van der Waals surface area contributed by atoms with E-state index >= 15 is 0 Å². The minimum atomic E-state index is 0.00463. The lowest BCUT2D eigenvalue weighted by Gasteiger charge is -2.26. The monoisotopic (exact) mass is 171 g/mol. The smallest absolute Gasteiger partial charge is 0.136 e. The second-order valence-corrected chi connectivity index (χ2v) is 4.77. The molecule has 0 heterocycles. The van der Waals surface area contributed by atoms with Crippen LogP contribution >= 0.6 is 0 Å². The summed E-state index contributed by atoms with van der Waals surface area (Å²) in [5, 5.41) is 3.27.